The van der Waals surface area contributed by atoms with Crippen molar-refractivity contribution in [3.05, 3.63) is 11.7 Å². The lowest BCUT2D eigenvalue weighted by molar-refractivity contribution is -0.00707. The van der Waals surface area contributed by atoms with Crippen molar-refractivity contribution in [3.8, 4) is 0 Å². The second kappa shape index (κ2) is 5.60. The molecule has 1 heterocycles. The predicted molar refractivity (Wildman–Crippen MR) is 63.4 cm³/mol. The van der Waals surface area contributed by atoms with Crippen LogP contribution in [0, 0.1) is 0 Å². The van der Waals surface area contributed by atoms with Gasteiger partial charge >= 0.3 is 0 Å². The van der Waals surface area contributed by atoms with Crippen molar-refractivity contribution < 1.29 is 9.26 Å². The molecule has 0 aliphatic heterocycles. The molecule has 96 valence electrons. The highest BCUT2D eigenvalue weighted by Gasteiger charge is 2.23. The summed E-state index contributed by atoms with van der Waals surface area (Å²) < 4.78 is 10.9. The standard InChI is InChI=1S/C12H21N3O2/c1-8(2)12-14-11(17-15-12)7-16-10-6-4-3-5-9(10)13/h8-10H,3-7,13H2,1-2H3. The van der Waals surface area contributed by atoms with Gasteiger partial charge in [0, 0.05) is 12.0 Å². The molecule has 0 saturated heterocycles. The van der Waals surface area contributed by atoms with Gasteiger partial charge in [0.05, 0.1) is 6.10 Å². The molecule has 1 fully saturated rings. The van der Waals surface area contributed by atoms with E-state index in [1.54, 1.807) is 0 Å². The maximum Gasteiger partial charge on any atom is 0.252 e. The molecule has 0 amide bonds. The minimum Gasteiger partial charge on any atom is -0.367 e. The van der Waals surface area contributed by atoms with Gasteiger partial charge in [0.2, 0.25) is 0 Å². The van der Waals surface area contributed by atoms with E-state index in [9.17, 15) is 0 Å². The van der Waals surface area contributed by atoms with Crippen LogP contribution in [0.2, 0.25) is 0 Å². The van der Waals surface area contributed by atoms with Gasteiger partial charge in [-0.3, -0.25) is 0 Å². The molecule has 1 aliphatic rings. The summed E-state index contributed by atoms with van der Waals surface area (Å²) in [6.45, 7) is 4.44. The fraction of sp³-hybridized carbons (Fsp3) is 0.833. The van der Waals surface area contributed by atoms with Crippen molar-refractivity contribution in [1.82, 2.24) is 10.1 Å². The van der Waals surface area contributed by atoms with Crippen LogP contribution in [-0.2, 0) is 11.3 Å². The average Bonchev–Trinajstić information content (AvgIpc) is 2.77. The van der Waals surface area contributed by atoms with Crippen molar-refractivity contribution in [3.63, 3.8) is 0 Å². The first-order valence-corrected chi connectivity index (χ1v) is 6.36. The van der Waals surface area contributed by atoms with Crippen LogP contribution in [0.15, 0.2) is 4.52 Å². The topological polar surface area (TPSA) is 74.2 Å². The Morgan fingerprint density at radius 2 is 2.18 bits per heavy atom. The van der Waals surface area contributed by atoms with E-state index in [0.29, 0.717) is 12.5 Å². The molecule has 0 radical (unpaired) electrons. The Morgan fingerprint density at radius 1 is 1.41 bits per heavy atom. The molecule has 0 spiro atoms. The van der Waals surface area contributed by atoms with Crippen molar-refractivity contribution >= 4 is 0 Å². The molecule has 1 aromatic heterocycles. The van der Waals surface area contributed by atoms with E-state index in [2.05, 4.69) is 10.1 Å². The van der Waals surface area contributed by atoms with Gasteiger partial charge in [-0.15, -0.1) is 0 Å². The Hall–Kier alpha value is -0.940. The Balaban J connectivity index is 1.84. The zero-order chi connectivity index (χ0) is 12.3. The summed E-state index contributed by atoms with van der Waals surface area (Å²) in [4.78, 5) is 4.28. The third-order valence-electron chi connectivity index (χ3n) is 3.17. The van der Waals surface area contributed by atoms with Crippen molar-refractivity contribution in [2.45, 2.75) is 64.2 Å². The smallest absolute Gasteiger partial charge is 0.252 e. The van der Waals surface area contributed by atoms with Crippen LogP contribution in [0.5, 0.6) is 0 Å². The fourth-order valence-corrected chi connectivity index (χ4v) is 2.07. The highest BCUT2D eigenvalue weighted by atomic mass is 16.5. The Labute approximate surface area is 102 Å². The lowest BCUT2D eigenvalue weighted by Gasteiger charge is -2.27. The predicted octanol–water partition coefficient (Wildman–Crippen LogP) is 1.98. The summed E-state index contributed by atoms with van der Waals surface area (Å²) in [6, 6.07) is 0.149. The van der Waals surface area contributed by atoms with E-state index in [1.165, 1.54) is 12.8 Å². The average molecular weight is 239 g/mol. The van der Waals surface area contributed by atoms with Crippen molar-refractivity contribution in [2.24, 2.45) is 5.73 Å². The molecule has 1 aromatic rings. The van der Waals surface area contributed by atoms with Gasteiger partial charge in [-0.25, -0.2) is 0 Å². The minimum atomic E-state index is 0.137. The maximum absolute atomic E-state index is 6.00. The van der Waals surface area contributed by atoms with Crippen LogP contribution < -0.4 is 5.73 Å². The van der Waals surface area contributed by atoms with E-state index in [4.69, 9.17) is 15.0 Å². The number of hydrogen-bond acceptors (Lipinski definition) is 5. The highest BCUT2D eigenvalue weighted by molar-refractivity contribution is 4.91. The van der Waals surface area contributed by atoms with Crippen LogP contribution in [0.25, 0.3) is 0 Å². The number of aromatic nitrogens is 2. The van der Waals surface area contributed by atoms with E-state index in [0.717, 1.165) is 18.7 Å². The molecule has 2 rings (SSSR count). The van der Waals surface area contributed by atoms with Gasteiger partial charge in [-0.05, 0) is 12.8 Å². The molecule has 2 unspecified atom stereocenters. The van der Waals surface area contributed by atoms with Gasteiger partial charge in [-0.2, -0.15) is 4.98 Å². The molecule has 0 bridgehead atoms. The monoisotopic (exact) mass is 239 g/mol. The number of nitrogens with two attached hydrogens (primary N) is 1. The summed E-state index contributed by atoms with van der Waals surface area (Å²) in [5, 5.41) is 3.90. The Kier molecular flexibility index (Phi) is 4.12. The fourth-order valence-electron chi connectivity index (χ4n) is 2.07. The van der Waals surface area contributed by atoms with E-state index in [1.807, 2.05) is 13.8 Å². The molecule has 1 saturated carbocycles. The third-order valence-corrected chi connectivity index (χ3v) is 3.17. The first kappa shape index (κ1) is 12.5. The van der Waals surface area contributed by atoms with Gasteiger partial charge in [0.25, 0.3) is 5.89 Å². The first-order chi connectivity index (χ1) is 8.16. The van der Waals surface area contributed by atoms with Gasteiger partial charge in [0.1, 0.15) is 6.61 Å². The van der Waals surface area contributed by atoms with Crippen LogP contribution in [0.3, 0.4) is 0 Å². The van der Waals surface area contributed by atoms with Gasteiger partial charge in [-0.1, -0.05) is 31.8 Å². The van der Waals surface area contributed by atoms with E-state index < -0.39 is 0 Å². The van der Waals surface area contributed by atoms with Crippen LogP contribution in [-0.4, -0.2) is 22.3 Å². The molecular formula is C12H21N3O2. The zero-order valence-electron chi connectivity index (χ0n) is 10.6. The lowest BCUT2D eigenvalue weighted by Crippen LogP contribution is -2.39. The van der Waals surface area contributed by atoms with Crippen molar-refractivity contribution in [2.75, 3.05) is 0 Å². The van der Waals surface area contributed by atoms with Crippen LogP contribution >= 0.6 is 0 Å². The molecule has 1 aliphatic carbocycles. The molecule has 5 heteroatoms. The second-order valence-corrected chi connectivity index (χ2v) is 5.00. The number of ether oxygens (including phenoxy) is 1. The summed E-state index contributed by atoms with van der Waals surface area (Å²) in [5.41, 5.74) is 6.00. The van der Waals surface area contributed by atoms with Crippen LogP contribution in [0.1, 0.15) is 57.2 Å². The number of rotatable bonds is 4. The Bertz CT molecular complexity index is 351. The molecule has 17 heavy (non-hydrogen) atoms. The van der Waals surface area contributed by atoms with Crippen LogP contribution in [0.4, 0.5) is 0 Å². The number of nitrogens with zero attached hydrogens (tertiary/aromatic N) is 2. The number of hydrogen-bond donors (Lipinski definition) is 1. The van der Waals surface area contributed by atoms with E-state index in [-0.39, 0.29) is 18.1 Å². The summed E-state index contributed by atoms with van der Waals surface area (Å²) in [7, 11) is 0. The normalized spacial score (nSPS) is 25.4. The molecule has 0 aromatic carbocycles. The molecule has 2 atom stereocenters. The SMILES string of the molecule is CC(C)c1noc(COC2CCCCC2N)n1. The third kappa shape index (κ3) is 3.26. The minimum absolute atomic E-state index is 0.137. The van der Waals surface area contributed by atoms with Gasteiger partial charge in [0.15, 0.2) is 5.82 Å². The zero-order valence-corrected chi connectivity index (χ0v) is 10.6. The summed E-state index contributed by atoms with van der Waals surface area (Å²) >= 11 is 0. The quantitative estimate of drug-likeness (QED) is 0.869. The second-order valence-electron chi connectivity index (χ2n) is 5.00. The molecule has 2 N–H and O–H groups in total. The summed E-state index contributed by atoms with van der Waals surface area (Å²) in [6.07, 6.45) is 4.62. The lowest BCUT2D eigenvalue weighted by atomic mass is 9.93. The largest absolute Gasteiger partial charge is 0.367 e. The van der Waals surface area contributed by atoms with Gasteiger partial charge < -0.3 is 15.0 Å². The molecule has 5 nitrogen and oxygen atoms in total. The summed E-state index contributed by atoms with van der Waals surface area (Å²) in [5.74, 6) is 1.56. The van der Waals surface area contributed by atoms with Crippen molar-refractivity contribution in [1.29, 1.82) is 0 Å². The molecular weight excluding hydrogens is 218 g/mol. The van der Waals surface area contributed by atoms with E-state index >= 15 is 0 Å². The maximum atomic E-state index is 6.00. The Morgan fingerprint density at radius 3 is 2.82 bits per heavy atom. The first-order valence-electron chi connectivity index (χ1n) is 6.36. The highest BCUT2D eigenvalue weighted by Crippen LogP contribution is 2.20.